The number of aromatic carboxylic acids is 1. The van der Waals surface area contributed by atoms with Crippen LogP contribution in [0.5, 0.6) is 0 Å². The zero-order chi connectivity index (χ0) is 23.1. The van der Waals surface area contributed by atoms with Crippen molar-refractivity contribution in [1.82, 2.24) is 10.2 Å². The van der Waals surface area contributed by atoms with Gasteiger partial charge in [0, 0.05) is 18.4 Å². The number of rotatable bonds is 5. The van der Waals surface area contributed by atoms with Gasteiger partial charge in [-0.3, -0.25) is 14.5 Å². The minimum atomic E-state index is -2.86. The number of urea groups is 1. The van der Waals surface area contributed by atoms with E-state index in [4.69, 9.17) is 0 Å². The average molecular weight is 442 g/mol. The third-order valence-electron chi connectivity index (χ3n) is 6.06. The van der Waals surface area contributed by atoms with Crippen molar-refractivity contribution in [2.45, 2.75) is 37.1 Å². The number of imide groups is 1. The molecule has 0 atom stereocenters. The van der Waals surface area contributed by atoms with Crippen LogP contribution in [0.25, 0.3) is 11.1 Å². The van der Waals surface area contributed by atoms with Gasteiger partial charge in [-0.2, -0.15) is 0 Å². The highest BCUT2D eigenvalue weighted by Gasteiger charge is 2.55. The lowest BCUT2D eigenvalue weighted by molar-refractivity contribution is -0.135. The lowest BCUT2D eigenvalue weighted by Gasteiger charge is -2.34. The van der Waals surface area contributed by atoms with Crippen LogP contribution >= 0.6 is 0 Å². The largest absolute Gasteiger partial charge is 0.478 e. The molecule has 2 N–H and O–H groups in total. The second-order valence-electron chi connectivity index (χ2n) is 8.11. The number of alkyl halides is 2. The molecular formula is C23H20F2N2O5. The summed E-state index contributed by atoms with van der Waals surface area (Å²) in [6.45, 7) is -0.506. The molecule has 1 saturated heterocycles. The summed E-state index contributed by atoms with van der Waals surface area (Å²) in [4.78, 5) is 50.0. The third-order valence-corrected chi connectivity index (χ3v) is 6.06. The number of carboxylic acid groups (broad SMARTS) is 1. The van der Waals surface area contributed by atoms with E-state index < -0.39 is 54.5 Å². The quantitative estimate of drug-likeness (QED) is 0.542. The number of halogens is 2. The number of ketones is 1. The van der Waals surface area contributed by atoms with E-state index in [1.807, 2.05) is 0 Å². The number of carbonyl (C=O) groups excluding carboxylic acids is 3. The van der Waals surface area contributed by atoms with Crippen molar-refractivity contribution in [1.29, 1.82) is 0 Å². The molecule has 32 heavy (non-hydrogen) atoms. The van der Waals surface area contributed by atoms with E-state index in [-0.39, 0.29) is 24.0 Å². The molecule has 0 radical (unpaired) electrons. The molecule has 4 rings (SSSR count). The predicted molar refractivity (Wildman–Crippen MR) is 110 cm³/mol. The van der Waals surface area contributed by atoms with Gasteiger partial charge in [0.15, 0.2) is 5.78 Å². The first-order chi connectivity index (χ1) is 15.1. The zero-order valence-electron chi connectivity index (χ0n) is 16.9. The first-order valence-electron chi connectivity index (χ1n) is 10.1. The zero-order valence-corrected chi connectivity index (χ0v) is 16.9. The fourth-order valence-corrected chi connectivity index (χ4v) is 4.19. The molecular weight excluding hydrogens is 422 g/mol. The molecule has 7 nitrogen and oxygen atoms in total. The molecule has 0 bridgehead atoms. The van der Waals surface area contributed by atoms with E-state index in [0.29, 0.717) is 11.1 Å². The minimum absolute atomic E-state index is 0.120. The van der Waals surface area contributed by atoms with Gasteiger partial charge in [-0.15, -0.1) is 0 Å². The number of Topliss-reactive ketones (excluding diaryl/α,β-unsaturated/α-hetero) is 1. The Hall–Kier alpha value is -3.62. The Morgan fingerprint density at radius 3 is 2.22 bits per heavy atom. The number of carboxylic acids is 1. The smallest absolute Gasteiger partial charge is 0.336 e. The topological polar surface area (TPSA) is 104 Å². The van der Waals surface area contributed by atoms with Gasteiger partial charge in [0.1, 0.15) is 5.54 Å². The van der Waals surface area contributed by atoms with Gasteiger partial charge >= 0.3 is 12.0 Å². The van der Waals surface area contributed by atoms with Crippen LogP contribution in [0.1, 0.15) is 46.4 Å². The molecule has 0 unspecified atom stereocenters. The Morgan fingerprint density at radius 1 is 0.969 bits per heavy atom. The second kappa shape index (κ2) is 7.81. The molecule has 0 aromatic heterocycles. The van der Waals surface area contributed by atoms with Gasteiger partial charge in [0.25, 0.3) is 5.91 Å². The van der Waals surface area contributed by atoms with Crippen molar-refractivity contribution in [2.75, 3.05) is 6.54 Å². The standard InChI is InChI=1S/C23H20F2N2O5/c24-23(25)11-9-22(10-12-23)20(31)27(21(32)26-22)13-18(28)15-7-5-14(6-8-15)16-3-1-2-4-17(16)19(29)30/h1-8H,9-13H2,(H,26,32)(H,29,30). The van der Waals surface area contributed by atoms with Crippen molar-refractivity contribution in [2.24, 2.45) is 0 Å². The van der Waals surface area contributed by atoms with Gasteiger partial charge in [-0.25, -0.2) is 18.4 Å². The number of nitrogens with one attached hydrogen (secondary N) is 1. The maximum Gasteiger partial charge on any atom is 0.336 e. The Labute approximate surface area is 182 Å². The summed E-state index contributed by atoms with van der Waals surface area (Å²) < 4.78 is 27.0. The molecule has 2 aromatic carbocycles. The normalized spacial score (nSPS) is 19.1. The van der Waals surface area contributed by atoms with Crippen LogP contribution < -0.4 is 5.32 Å². The van der Waals surface area contributed by atoms with Crippen molar-refractivity contribution in [3.05, 3.63) is 59.7 Å². The average Bonchev–Trinajstić information content (AvgIpc) is 3.00. The Bertz CT molecular complexity index is 1100. The maximum atomic E-state index is 13.5. The summed E-state index contributed by atoms with van der Waals surface area (Å²) >= 11 is 0. The summed E-state index contributed by atoms with van der Waals surface area (Å²) in [5, 5.41) is 11.8. The first kappa shape index (κ1) is 21.6. The van der Waals surface area contributed by atoms with E-state index in [9.17, 15) is 33.1 Å². The van der Waals surface area contributed by atoms with Crippen molar-refractivity contribution in [3.63, 3.8) is 0 Å². The van der Waals surface area contributed by atoms with Crippen LogP contribution in [0.4, 0.5) is 13.6 Å². The highest BCUT2D eigenvalue weighted by Crippen LogP contribution is 2.41. The van der Waals surface area contributed by atoms with E-state index in [1.165, 1.54) is 18.2 Å². The van der Waals surface area contributed by atoms with Crippen molar-refractivity contribution >= 4 is 23.7 Å². The molecule has 1 saturated carbocycles. The van der Waals surface area contributed by atoms with Crippen molar-refractivity contribution < 1.29 is 33.1 Å². The van der Waals surface area contributed by atoms with Crippen LogP contribution in [0, 0.1) is 0 Å². The summed E-state index contributed by atoms with van der Waals surface area (Å²) in [7, 11) is 0. The Morgan fingerprint density at radius 2 is 1.59 bits per heavy atom. The SMILES string of the molecule is O=C(CN1C(=O)NC2(CCC(F)(F)CC2)C1=O)c1ccc(-c2ccccc2C(=O)O)cc1. The number of hydrogen-bond donors (Lipinski definition) is 2. The molecule has 1 spiro atoms. The van der Waals surface area contributed by atoms with Crippen molar-refractivity contribution in [3.8, 4) is 11.1 Å². The fourth-order valence-electron chi connectivity index (χ4n) is 4.19. The molecule has 2 aromatic rings. The second-order valence-corrected chi connectivity index (χ2v) is 8.11. The molecule has 1 aliphatic carbocycles. The summed E-state index contributed by atoms with van der Waals surface area (Å²) in [5.41, 5.74) is 0.0667. The molecule has 2 aliphatic rings. The van der Waals surface area contributed by atoms with Crippen LogP contribution in [0.15, 0.2) is 48.5 Å². The monoisotopic (exact) mass is 442 g/mol. The van der Waals surface area contributed by atoms with Gasteiger partial charge in [0.05, 0.1) is 12.1 Å². The van der Waals surface area contributed by atoms with E-state index in [1.54, 1.807) is 30.3 Å². The van der Waals surface area contributed by atoms with Gasteiger partial charge in [0.2, 0.25) is 5.92 Å². The summed E-state index contributed by atoms with van der Waals surface area (Å²) in [6, 6.07) is 11.8. The van der Waals surface area contributed by atoms with Gasteiger partial charge in [-0.1, -0.05) is 42.5 Å². The molecule has 1 aliphatic heterocycles. The molecule has 9 heteroatoms. The van der Waals surface area contributed by atoms with Crippen LogP contribution in [-0.2, 0) is 4.79 Å². The Balaban J connectivity index is 1.48. The Kier molecular flexibility index (Phi) is 5.28. The molecule has 2 fully saturated rings. The number of benzene rings is 2. The van der Waals surface area contributed by atoms with Crippen LogP contribution in [-0.4, -0.2) is 51.7 Å². The van der Waals surface area contributed by atoms with Crippen LogP contribution in [0.2, 0.25) is 0 Å². The number of amides is 3. The van der Waals surface area contributed by atoms with E-state index in [0.717, 1.165) is 4.90 Å². The highest BCUT2D eigenvalue weighted by atomic mass is 19.3. The van der Waals surface area contributed by atoms with E-state index >= 15 is 0 Å². The lowest BCUT2D eigenvalue weighted by atomic mass is 9.80. The number of hydrogen-bond acceptors (Lipinski definition) is 4. The first-order valence-corrected chi connectivity index (χ1v) is 10.1. The maximum absolute atomic E-state index is 13.5. The number of nitrogens with zero attached hydrogens (tertiary/aromatic N) is 1. The lowest BCUT2D eigenvalue weighted by Crippen LogP contribution is -2.51. The number of carbonyl (C=O) groups is 4. The summed E-state index contributed by atoms with van der Waals surface area (Å²) in [5.74, 6) is -5.09. The van der Waals surface area contributed by atoms with E-state index in [2.05, 4.69) is 5.32 Å². The van der Waals surface area contributed by atoms with Gasteiger partial charge < -0.3 is 10.4 Å². The third kappa shape index (κ3) is 3.86. The predicted octanol–water partition coefficient (Wildman–Crippen LogP) is 3.73. The molecule has 166 valence electrons. The van der Waals surface area contributed by atoms with Crippen LogP contribution in [0.3, 0.4) is 0 Å². The fraction of sp³-hybridized carbons (Fsp3) is 0.304. The highest BCUT2D eigenvalue weighted by molar-refractivity contribution is 6.11. The van der Waals surface area contributed by atoms with Gasteiger partial charge in [-0.05, 0) is 30.0 Å². The molecule has 1 heterocycles. The molecule has 3 amide bonds. The minimum Gasteiger partial charge on any atom is -0.478 e. The summed E-state index contributed by atoms with van der Waals surface area (Å²) in [6.07, 6.45) is -1.35.